The molecule has 0 bridgehead atoms. The van der Waals surface area contributed by atoms with Crippen LogP contribution in [0.3, 0.4) is 0 Å². The van der Waals surface area contributed by atoms with Gasteiger partial charge in [-0.05, 0) is 25.5 Å². The van der Waals surface area contributed by atoms with Crippen LogP contribution in [-0.4, -0.2) is 25.9 Å². The first-order chi connectivity index (χ1) is 10.4. The van der Waals surface area contributed by atoms with Crippen LogP contribution in [-0.2, 0) is 14.8 Å². The zero-order chi connectivity index (χ0) is 16.2. The van der Waals surface area contributed by atoms with Crippen molar-refractivity contribution in [3.63, 3.8) is 0 Å². The topological polar surface area (TPSA) is 88.2 Å². The molecule has 2 aromatic rings. The van der Waals surface area contributed by atoms with Crippen LogP contribution in [0.25, 0.3) is 0 Å². The highest BCUT2D eigenvalue weighted by Crippen LogP contribution is 2.16. The first kappa shape index (κ1) is 16.6. The molecule has 2 N–H and O–H groups in total. The van der Waals surface area contributed by atoms with E-state index in [4.69, 9.17) is 0 Å². The molecule has 0 spiro atoms. The number of sulfonamides is 1. The molecule has 0 aliphatic rings. The first-order valence-corrected chi connectivity index (χ1v) is 9.01. The molecule has 2 rings (SSSR count). The Balaban J connectivity index is 1.91. The van der Waals surface area contributed by atoms with E-state index in [1.807, 2.05) is 13.0 Å². The average molecular weight is 339 g/mol. The van der Waals surface area contributed by atoms with Crippen molar-refractivity contribution in [2.45, 2.75) is 25.2 Å². The standard InChI is InChI=1S/C14H17N3O3S2/c1-10-3-4-12(11(2)9-10)22(19,20)16-6-5-13(18)17-14-15-7-8-21-14/h3-4,7-9,16H,5-6H2,1-2H3,(H,15,17,18). The van der Waals surface area contributed by atoms with Crippen LogP contribution in [0.15, 0.2) is 34.7 Å². The SMILES string of the molecule is Cc1ccc(S(=O)(=O)NCCC(=O)Nc2nccs2)c(C)c1. The van der Waals surface area contributed by atoms with Gasteiger partial charge in [0.05, 0.1) is 4.90 Å². The van der Waals surface area contributed by atoms with Gasteiger partial charge in [-0.15, -0.1) is 11.3 Å². The molecule has 6 nitrogen and oxygen atoms in total. The van der Waals surface area contributed by atoms with Crippen LogP contribution in [0.2, 0.25) is 0 Å². The van der Waals surface area contributed by atoms with Crippen LogP contribution >= 0.6 is 11.3 Å². The van der Waals surface area contributed by atoms with Gasteiger partial charge in [0.25, 0.3) is 0 Å². The minimum atomic E-state index is -3.61. The highest BCUT2D eigenvalue weighted by atomic mass is 32.2. The van der Waals surface area contributed by atoms with E-state index in [1.165, 1.54) is 11.3 Å². The lowest BCUT2D eigenvalue weighted by Gasteiger charge is -2.09. The molecule has 22 heavy (non-hydrogen) atoms. The predicted molar refractivity (Wildman–Crippen MR) is 86.5 cm³/mol. The van der Waals surface area contributed by atoms with E-state index in [0.717, 1.165) is 5.56 Å². The summed E-state index contributed by atoms with van der Waals surface area (Å²) in [6.07, 6.45) is 1.63. The van der Waals surface area contributed by atoms with E-state index >= 15 is 0 Å². The summed E-state index contributed by atoms with van der Waals surface area (Å²) in [7, 11) is -3.61. The summed E-state index contributed by atoms with van der Waals surface area (Å²) in [5.74, 6) is -0.279. The minimum Gasteiger partial charge on any atom is -0.302 e. The Morgan fingerprint density at radius 1 is 1.32 bits per heavy atom. The van der Waals surface area contributed by atoms with Crippen LogP contribution in [0, 0.1) is 13.8 Å². The number of amides is 1. The highest BCUT2D eigenvalue weighted by molar-refractivity contribution is 7.89. The molecule has 1 aromatic carbocycles. The van der Waals surface area contributed by atoms with Crippen molar-refractivity contribution in [1.82, 2.24) is 9.71 Å². The molecule has 0 fully saturated rings. The van der Waals surface area contributed by atoms with Gasteiger partial charge in [0.2, 0.25) is 15.9 Å². The third-order valence-corrected chi connectivity index (χ3v) is 5.25. The van der Waals surface area contributed by atoms with Gasteiger partial charge < -0.3 is 5.32 Å². The van der Waals surface area contributed by atoms with Gasteiger partial charge >= 0.3 is 0 Å². The second-order valence-corrected chi connectivity index (χ2v) is 7.43. The Kier molecular flexibility index (Phi) is 5.28. The maximum absolute atomic E-state index is 12.2. The summed E-state index contributed by atoms with van der Waals surface area (Å²) < 4.78 is 26.9. The van der Waals surface area contributed by atoms with Gasteiger partial charge in [-0.1, -0.05) is 17.7 Å². The molecule has 1 amide bonds. The monoisotopic (exact) mass is 339 g/mol. The summed E-state index contributed by atoms with van der Waals surface area (Å²) >= 11 is 1.31. The molecule has 0 saturated carbocycles. The lowest BCUT2D eigenvalue weighted by atomic mass is 10.2. The molecule has 0 atom stereocenters. The van der Waals surface area contributed by atoms with Gasteiger partial charge in [-0.3, -0.25) is 4.79 Å². The van der Waals surface area contributed by atoms with Crippen LogP contribution in [0.1, 0.15) is 17.5 Å². The minimum absolute atomic E-state index is 0.0346. The lowest BCUT2D eigenvalue weighted by molar-refractivity contribution is -0.116. The number of aryl methyl sites for hydroxylation is 2. The van der Waals surface area contributed by atoms with Gasteiger partial charge in [0.1, 0.15) is 0 Å². The van der Waals surface area contributed by atoms with Crippen molar-refractivity contribution >= 4 is 32.4 Å². The summed E-state index contributed by atoms with van der Waals surface area (Å²) in [6.45, 7) is 3.68. The average Bonchev–Trinajstić information content (AvgIpc) is 2.90. The van der Waals surface area contributed by atoms with Gasteiger partial charge in [-0.2, -0.15) is 0 Å². The summed E-state index contributed by atoms with van der Waals surface area (Å²) in [6, 6.07) is 5.13. The molecule has 1 heterocycles. The Morgan fingerprint density at radius 2 is 2.09 bits per heavy atom. The smallest absolute Gasteiger partial charge is 0.240 e. The molecule has 0 radical (unpaired) electrons. The molecule has 0 aliphatic carbocycles. The number of hydrogen-bond donors (Lipinski definition) is 2. The number of carbonyl (C=O) groups excluding carboxylic acids is 1. The zero-order valence-electron chi connectivity index (χ0n) is 12.3. The van der Waals surface area contributed by atoms with Crippen molar-refractivity contribution in [1.29, 1.82) is 0 Å². The summed E-state index contributed by atoms with van der Waals surface area (Å²) in [4.78, 5) is 15.8. The lowest BCUT2D eigenvalue weighted by Crippen LogP contribution is -2.28. The Hall–Kier alpha value is -1.77. The molecular weight excluding hydrogens is 322 g/mol. The van der Waals surface area contributed by atoms with E-state index < -0.39 is 10.0 Å². The fraction of sp³-hybridized carbons (Fsp3) is 0.286. The van der Waals surface area contributed by atoms with Crippen molar-refractivity contribution in [2.75, 3.05) is 11.9 Å². The van der Waals surface area contributed by atoms with E-state index in [1.54, 1.807) is 30.6 Å². The second kappa shape index (κ2) is 6.99. The zero-order valence-corrected chi connectivity index (χ0v) is 13.9. The van der Waals surface area contributed by atoms with Crippen molar-refractivity contribution in [2.24, 2.45) is 0 Å². The maximum Gasteiger partial charge on any atom is 0.240 e. The van der Waals surface area contributed by atoms with Crippen molar-refractivity contribution < 1.29 is 13.2 Å². The third kappa shape index (κ3) is 4.36. The number of thiazole rings is 1. The Bertz CT molecular complexity index is 756. The Labute approximate surface area is 133 Å². The van der Waals surface area contributed by atoms with E-state index in [-0.39, 0.29) is 23.8 Å². The first-order valence-electron chi connectivity index (χ1n) is 6.65. The molecule has 118 valence electrons. The number of hydrogen-bond acceptors (Lipinski definition) is 5. The van der Waals surface area contributed by atoms with Crippen molar-refractivity contribution in [3.8, 4) is 0 Å². The number of nitrogens with zero attached hydrogens (tertiary/aromatic N) is 1. The molecular formula is C14H17N3O3S2. The summed E-state index contributed by atoms with van der Waals surface area (Å²) in [5, 5.41) is 4.85. The van der Waals surface area contributed by atoms with Crippen LogP contribution in [0.4, 0.5) is 5.13 Å². The number of carbonyl (C=O) groups is 1. The van der Waals surface area contributed by atoms with E-state index in [9.17, 15) is 13.2 Å². The maximum atomic E-state index is 12.2. The van der Waals surface area contributed by atoms with Crippen LogP contribution < -0.4 is 10.0 Å². The molecule has 0 aliphatic heterocycles. The fourth-order valence-corrected chi connectivity index (χ4v) is 3.75. The largest absolute Gasteiger partial charge is 0.302 e. The Morgan fingerprint density at radius 3 is 2.73 bits per heavy atom. The van der Waals surface area contributed by atoms with Gasteiger partial charge in [0, 0.05) is 24.5 Å². The molecule has 1 aromatic heterocycles. The van der Waals surface area contributed by atoms with Crippen LogP contribution in [0.5, 0.6) is 0 Å². The highest BCUT2D eigenvalue weighted by Gasteiger charge is 2.16. The molecule has 0 saturated heterocycles. The fourth-order valence-electron chi connectivity index (χ4n) is 1.94. The number of rotatable bonds is 6. The number of anilines is 1. The number of benzene rings is 1. The normalized spacial score (nSPS) is 11.4. The van der Waals surface area contributed by atoms with E-state index in [0.29, 0.717) is 10.7 Å². The van der Waals surface area contributed by atoms with Crippen molar-refractivity contribution in [3.05, 3.63) is 40.9 Å². The number of nitrogens with one attached hydrogen (secondary N) is 2. The molecule has 0 unspecified atom stereocenters. The van der Waals surface area contributed by atoms with E-state index in [2.05, 4.69) is 15.0 Å². The predicted octanol–water partition coefficient (Wildman–Crippen LogP) is 2.07. The van der Waals surface area contributed by atoms with Gasteiger partial charge in [-0.25, -0.2) is 18.1 Å². The quantitative estimate of drug-likeness (QED) is 0.843. The third-order valence-electron chi connectivity index (χ3n) is 2.94. The summed E-state index contributed by atoms with van der Waals surface area (Å²) in [5.41, 5.74) is 1.68. The molecule has 8 heteroatoms. The number of aromatic nitrogens is 1. The van der Waals surface area contributed by atoms with Gasteiger partial charge in [0.15, 0.2) is 5.13 Å². The second-order valence-electron chi connectivity index (χ2n) is 4.80.